The average molecular weight is 253 g/mol. The van der Waals surface area contributed by atoms with Gasteiger partial charge in [-0.3, -0.25) is 4.98 Å². The molecule has 3 rings (SSSR count). The summed E-state index contributed by atoms with van der Waals surface area (Å²) in [6.07, 6.45) is 5.14. The largest absolute Gasteiger partial charge is 0.376 e. The van der Waals surface area contributed by atoms with E-state index in [1.807, 2.05) is 18.5 Å². The standard InChI is InChI=1S/C17H19NO/c1-13-7-15(10-18-9-13)17-8-16(17)12-19-11-14-5-3-2-4-6-14/h2-7,9-10,16-17H,8,11-12H2,1H3/t16-,17-/m1/s1. The van der Waals surface area contributed by atoms with Crippen LogP contribution in [-0.4, -0.2) is 11.6 Å². The summed E-state index contributed by atoms with van der Waals surface area (Å²) in [4.78, 5) is 4.27. The molecule has 2 heteroatoms. The number of ether oxygens (including phenoxy) is 1. The van der Waals surface area contributed by atoms with Gasteiger partial charge in [-0.05, 0) is 41.9 Å². The lowest BCUT2D eigenvalue weighted by atomic mass is 10.1. The van der Waals surface area contributed by atoms with Crippen LogP contribution in [0.1, 0.15) is 29.0 Å². The second kappa shape index (κ2) is 5.54. The Morgan fingerprint density at radius 3 is 2.84 bits per heavy atom. The van der Waals surface area contributed by atoms with Crippen molar-refractivity contribution in [1.29, 1.82) is 0 Å². The van der Waals surface area contributed by atoms with Gasteiger partial charge in [0.25, 0.3) is 0 Å². The van der Waals surface area contributed by atoms with Crippen molar-refractivity contribution < 1.29 is 4.74 Å². The summed E-state index contributed by atoms with van der Waals surface area (Å²) in [5.41, 5.74) is 3.86. The van der Waals surface area contributed by atoms with Gasteiger partial charge in [0.2, 0.25) is 0 Å². The first-order valence-corrected chi connectivity index (χ1v) is 6.86. The van der Waals surface area contributed by atoms with Crippen molar-refractivity contribution in [3.8, 4) is 0 Å². The van der Waals surface area contributed by atoms with E-state index < -0.39 is 0 Å². The van der Waals surface area contributed by atoms with Crippen molar-refractivity contribution in [3.05, 3.63) is 65.5 Å². The van der Waals surface area contributed by atoms with E-state index in [0.29, 0.717) is 11.8 Å². The van der Waals surface area contributed by atoms with Crippen molar-refractivity contribution in [2.24, 2.45) is 5.92 Å². The monoisotopic (exact) mass is 253 g/mol. The highest BCUT2D eigenvalue weighted by Gasteiger charge is 2.38. The van der Waals surface area contributed by atoms with Crippen LogP contribution in [0.4, 0.5) is 0 Å². The maximum absolute atomic E-state index is 5.81. The Balaban J connectivity index is 1.46. The minimum Gasteiger partial charge on any atom is -0.376 e. The van der Waals surface area contributed by atoms with Crippen molar-refractivity contribution in [3.63, 3.8) is 0 Å². The van der Waals surface area contributed by atoms with Crippen LogP contribution in [0.2, 0.25) is 0 Å². The SMILES string of the molecule is Cc1cncc([C@H]2C[C@@H]2COCc2ccccc2)c1. The van der Waals surface area contributed by atoms with Crippen LogP contribution in [0.3, 0.4) is 0 Å². The third-order valence-corrected chi connectivity index (χ3v) is 3.69. The molecule has 1 fully saturated rings. The molecule has 1 aliphatic carbocycles. The molecule has 0 aliphatic heterocycles. The quantitative estimate of drug-likeness (QED) is 0.810. The normalized spacial score (nSPS) is 21.3. The lowest BCUT2D eigenvalue weighted by molar-refractivity contribution is 0.110. The van der Waals surface area contributed by atoms with E-state index in [1.54, 1.807) is 0 Å². The van der Waals surface area contributed by atoms with Crippen molar-refractivity contribution in [2.45, 2.75) is 25.9 Å². The van der Waals surface area contributed by atoms with E-state index in [9.17, 15) is 0 Å². The zero-order valence-corrected chi connectivity index (χ0v) is 11.3. The molecular weight excluding hydrogens is 234 g/mol. The van der Waals surface area contributed by atoms with E-state index in [0.717, 1.165) is 13.2 Å². The van der Waals surface area contributed by atoms with Gasteiger partial charge in [-0.25, -0.2) is 0 Å². The summed E-state index contributed by atoms with van der Waals surface area (Å²) in [5, 5.41) is 0. The second-order valence-corrected chi connectivity index (χ2v) is 5.40. The molecule has 0 amide bonds. The number of benzene rings is 1. The molecule has 0 unspecified atom stereocenters. The molecule has 1 aliphatic rings. The Bertz CT molecular complexity index is 538. The first-order chi connectivity index (χ1) is 9.33. The fourth-order valence-electron chi connectivity index (χ4n) is 2.52. The lowest BCUT2D eigenvalue weighted by Crippen LogP contribution is -1.98. The third-order valence-electron chi connectivity index (χ3n) is 3.69. The van der Waals surface area contributed by atoms with Crippen LogP contribution in [0, 0.1) is 12.8 Å². The Labute approximate surface area is 114 Å². The van der Waals surface area contributed by atoms with Gasteiger partial charge < -0.3 is 4.74 Å². The van der Waals surface area contributed by atoms with Crippen LogP contribution in [0.5, 0.6) is 0 Å². The number of rotatable bonds is 5. The molecule has 98 valence electrons. The van der Waals surface area contributed by atoms with Crippen LogP contribution in [-0.2, 0) is 11.3 Å². The van der Waals surface area contributed by atoms with Gasteiger partial charge in [0, 0.05) is 12.4 Å². The van der Waals surface area contributed by atoms with Gasteiger partial charge in [0.05, 0.1) is 13.2 Å². The molecule has 0 saturated heterocycles. The molecule has 1 saturated carbocycles. The summed E-state index contributed by atoms with van der Waals surface area (Å²) >= 11 is 0. The maximum atomic E-state index is 5.81. The minimum absolute atomic E-state index is 0.656. The van der Waals surface area contributed by atoms with Crippen molar-refractivity contribution in [1.82, 2.24) is 4.98 Å². The van der Waals surface area contributed by atoms with Gasteiger partial charge >= 0.3 is 0 Å². The molecule has 2 nitrogen and oxygen atoms in total. The molecule has 0 spiro atoms. The Morgan fingerprint density at radius 1 is 1.21 bits per heavy atom. The predicted octanol–water partition coefficient (Wildman–Crippen LogP) is 3.71. The Hall–Kier alpha value is -1.67. The molecule has 1 aromatic carbocycles. The first-order valence-electron chi connectivity index (χ1n) is 6.86. The Kier molecular flexibility index (Phi) is 3.60. The van der Waals surface area contributed by atoms with E-state index in [4.69, 9.17) is 4.74 Å². The summed E-state index contributed by atoms with van der Waals surface area (Å²) in [6, 6.07) is 12.6. The number of nitrogens with zero attached hydrogens (tertiary/aromatic N) is 1. The smallest absolute Gasteiger partial charge is 0.0717 e. The summed E-state index contributed by atoms with van der Waals surface area (Å²) < 4.78 is 5.81. The van der Waals surface area contributed by atoms with E-state index in [1.165, 1.54) is 23.1 Å². The molecule has 2 atom stereocenters. The lowest BCUT2D eigenvalue weighted by Gasteiger charge is -2.04. The number of aryl methyl sites for hydroxylation is 1. The number of aromatic nitrogens is 1. The molecule has 2 aromatic rings. The highest BCUT2D eigenvalue weighted by atomic mass is 16.5. The first kappa shape index (κ1) is 12.4. The van der Waals surface area contributed by atoms with Gasteiger partial charge in [-0.2, -0.15) is 0 Å². The topological polar surface area (TPSA) is 22.1 Å². The zero-order chi connectivity index (χ0) is 13.1. The third kappa shape index (κ3) is 3.21. The van der Waals surface area contributed by atoms with Gasteiger partial charge in [-0.15, -0.1) is 0 Å². The minimum atomic E-state index is 0.656. The Morgan fingerprint density at radius 2 is 2.05 bits per heavy atom. The van der Waals surface area contributed by atoms with Gasteiger partial charge in [0.1, 0.15) is 0 Å². The number of hydrogen-bond acceptors (Lipinski definition) is 2. The fraction of sp³-hybridized carbons (Fsp3) is 0.353. The molecule has 19 heavy (non-hydrogen) atoms. The van der Waals surface area contributed by atoms with E-state index >= 15 is 0 Å². The second-order valence-electron chi connectivity index (χ2n) is 5.40. The highest BCUT2D eigenvalue weighted by Crippen LogP contribution is 2.47. The number of hydrogen-bond donors (Lipinski definition) is 0. The van der Waals surface area contributed by atoms with E-state index in [-0.39, 0.29) is 0 Å². The summed E-state index contributed by atoms with van der Waals surface area (Å²) in [5.74, 6) is 1.33. The van der Waals surface area contributed by atoms with E-state index in [2.05, 4.69) is 42.2 Å². The molecule has 1 heterocycles. The summed E-state index contributed by atoms with van der Waals surface area (Å²) in [6.45, 7) is 3.67. The molecule has 0 bridgehead atoms. The van der Waals surface area contributed by atoms with Gasteiger partial charge in [-0.1, -0.05) is 36.4 Å². The predicted molar refractivity (Wildman–Crippen MR) is 75.9 cm³/mol. The van der Waals surface area contributed by atoms with Crippen LogP contribution in [0.15, 0.2) is 48.8 Å². The molecular formula is C17H19NO. The fourth-order valence-corrected chi connectivity index (χ4v) is 2.52. The van der Waals surface area contributed by atoms with Crippen molar-refractivity contribution >= 4 is 0 Å². The van der Waals surface area contributed by atoms with Crippen LogP contribution in [0.25, 0.3) is 0 Å². The highest BCUT2D eigenvalue weighted by molar-refractivity contribution is 5.26. The summed E-state index contributed by atoms with van der Waals surface area (Å²) in [7, 11) is 0. The van der Waals surface area contributed by atoms with Crippen LogP contribution >= 0.6 is 0 Å². The maximum Gasteiger partial charge on any atom is 0.0717 e. The molecule has 0 radical (unpaired) electrons. The van der Waals surface area contributed by atoms with Gasteiger partial charge in [0.15, 0.2) is 0 Å². The molecule has 0 N–H and O–H groups in total. The van der Waals surface area contributed by atoms with Crippen molar-refractivity contribution in [2.75, 3.05) is 6.61 Å². The molecule has 1 aromatic heterocycles. The van der Waals surface area contributed by atoms with Crippen LogP contribution < -0.4 is 0 Å². The number of pyridine rings is 1. The average Bonchev–Trinajstić information content (AvgIpc) is 3.20. The zero-order valence-electron chi connectivity index (χ0n) is 11.3.